The van der Waals surface area contributed by atoms with Gasteiger partial charge in [-0.05, 0) is 49.2 Å². The van der Waals surface area contributed by atoms with Crippen LogP contribution in [0.15, 0.2) is 42.5 Å². The fourth-order valence-electron chi connectivity index (χ4n) is 3.53. The number of benzene rings is 2. The second-order valence-corrected chi connectivity index (χ2v) is 6.82. The maximum atomic E-state index is 12.6. The van der Waals surface area contributed by atoms with Crippen LogP contribution in [0.4, 0.5) is 11.4 Å². The van der Waals surface area contributed by atoms with Crippen molar-refractivity contribution >= 4 is 23.6 Å². The summed E-state index contributed by atoms with van der Waals surface area (Å²) < 4.78 is 11.1. The van der Waals surface area contributed by atoms with Crippen molar-refractivity contribution in [2.45, 2.75) is 12.8 Å². The van der Waals surface area contributed by atoms with Crippen molar-refractivity contribution in [2.24, 2.45) is 5.92 Å². The van der Waals surface area contributed by atoms with E-state index >= 15 is 0 Å². The lowest BCUT2D eigenvalue weighted by atomic mass is 9.95. The standard InChI is InChI=1S/C21H22N2O4/c24-14-15-1-4-18(5-2-15)23-9-7-16(8-10-23)21(25)22-17-3-6-19-20(13-17)27-12-11-26-19/h1-6,13-14,16H,7-12H2,(H,22,25). The molecule has 6 heteroatoms. The number of carbonyl (C=O) groups is 2. The number of anilines is 2. The van der Waals surface area contributed by atoms with Gasteiger partial charge in [-0.2, -0.15) is 0 Å². The van der Waals surface area contributed by atoms with Crippen LogP contribution in [0.25, 0.3) is 0 Å². The molecule has 0 saturated carbocycles. The Bertz CT molecular complexity index is 827. The number of nitrogens with zero attached hydrogens (tertiary/aromatic N) is 1. The molecule has 2 heterocycles. The summed E-state index contributed by atoms with van der Waals surface area (Å²) in [6.45, 7) is 2.71. The number of rotatable bonds is 4. The van der Waals surface area contributed by atoms with Crippen molar-refractivity contribution < 1.29 is 19.1 Å². The van der Waals surface area contributed by atoms with Gasteiger partial charge in [-0.1, -0.05) is 0 Å². The molecule has 2 aromatic rings. The van der Waals surface area contributed by atoms with Crippen molar-refractivity contribution in [1.29, 1.82) is 0 Å². The third-order valence-electron chi connectivity index (χ3n) is 5.07. The minimum absolute atomic E-state index is 0.0105. The molecule has 140 valence electrons. The summed E-state index contributed by atoms with van der Waals surface area (Å²) in [7, 11) is 0. The number of aldehydes is 1. The number of amides is 1. The third kappa shape index (κ3) is 3.89. The fourth-order valence-corrected chi connectivity index (χ4v) is 3.53. The van der Waals surface area contributed by atoms with E-state index in [0.29, 0.717) is 30.3 Å². The van der Waals surface area contributed by atoms with Crippen LogP contribution in [-0.2, 0) is 4.79 Å². The van der Waals surface area contributed by atoms with E-state index in [1.165, 1.54) is 0 Å². The number of fused-ring (bicyclic) bond motifs is 1. The van der Waals surface area contributed by atoms with Crippen LogP contribution >= 0.6 is 0 Å². The van der Waals surface area contributed by atoms with Gasteiger partial charge < -0.3 is 19.7 Å². The largest absolute Gasteiger partial charge is 0.486 e. The highest BCUT2D eigenvalue weighted by Gasteiger charge is 2.25. The summed E-state index contributed by atoms with van der Waals surface area (Å²) >= 11 is 0. The summed E-state index contributed by atoms with van der Waals surface area (Å²) in [5, 5.41) is 3.00. The van der Waals surface area contributed by atoms with E-state index < -0.39 is 0 Å². The van der Waals surface area contributed by atoms with E-state index in [9.17, 15) is 9.59 Å². The molecule has 0 atom stereocenters. The first kappa shape index (κ1) is 17.4. The number of hydrogen-bond donors (Lipinski definition) is 1. The number of nitrogens with one attached hydrogen (secondary N) is 1. The van der Waals surface area contributed by atoms with Gasteiger partial charge in [0, 0.05) is 42.0 Å². The SMILES string of the molecule is O=Cc1ccc(N2CCC(C(=O)Nc3ccc4c(c3)OCCO4)CC2)cc1. The predicted octanol–water partition coefficient (Wildman–Crippen LogP) is 3.13. The van der Waals surface area contributed by atoms with Crippen LogP contribution in [0.5, 0.6) is 11.5 Å². The highest BCUT2D eigenvalue weighted by atomic mass is 16.6. The topological polar surface area (TPSA) is 67.9 Å². The molecule has 2 aliphatic heterocycles. The maximum absolute atomic E-state index is 12.6. The van der Waals surface area contributed by atoms with Gasteiger partial charge in [-0.25, -0.2) is 0 Å². The molecule has 0 radical (unpaired) electrons. The van der Waals surface area contributed by atoms with Gasteiger partial charge in [-0.15, -0.1) is 0 Å². The molecular formula is C21H22N2O4. The smallest absolute Gasteiger partial charge is 0.227 e. The minimum atomic E-state index is -0.0105. The van der Waals surface area contributed by atoms with Crippen LogP contribution in [0, 0.1) is 5.92 Å². The Balaban J connectivity index is 1.33. The normalized spacial score (nSPS) is 16.7. The van der Waals surface area contributed by atoms with Crippen molar-refractivity contribution in [3.63, 3.8) is 0 Å². The molecule has 1 fully saturated rings. The van der Waals surface area contributed by atoms with Crippen LogP contribution in [0.2, 0.25) is 0 Å². The Kier molecular flexibility index (Phi) is 4.96. The lowest BCUT2D eigenvalue weighted by Crippen LogP contribution is -2.38. The Morgan fingerprint density at radius 1 is 1.00 bits per heavy atom. The summed E-state index contributed by atoms with van der Waals surface area (Å²) in [4.78, 5) is 25.6. The molecule has 1 amide bonds. The summed E-state index contributed by atoms with van der Waals surface area (Å²) in [5.41, 5.74) is 2.50. The molecule has 4 rings (SSSR count). The average molecular weight is 366 g/mol. The van der Waals surface area contributed by atoms with Gasteiger partial charge in [0.05, 0.1) is 0 Å². The second-order valence-electron chi connectivity index (χ2n) is 6.82. The van der Waals surface area contributed by atoms with E-state index in [-0.39, 0.29) is 11.8 Å². The monoisotopic (exact) mass is 366 g/mol. The number of hydrogen-bond acceptors (Lipinski definition) is 5. The quantitative estimate of drug-likeness (QED) is 0.842. The van der Waals surface area contributed by atoms with Crippen molar-refractivity contribution in [2.75, 3.05) is 36.5 Å². The van der Waals surface area contributed by atoms with Crippen molar-refractivity contribution in [3.05, 3.63) is 48.0 Å². The van der Waals surface area contributed by atoms with Gasteiger partial charge in [0.1, 0.15) is 19.5 Å². The lowest BCUT2D eigenvalue weighted by molar-refractivity contribution is -0.120. The molecule has 27 heavy (non-hydrogen) atoms. The fraction of sp³-hybridized carbons (Fsp3) is 0.333. The van der Waals surface area contributed by atoms with E-state index in [2.05, 4.69) is 10.2 Å². The Hall–Kier alpha value is -3.02. The molecule has 0 bridgehead atoms. The molecular weight excluding hydrogens is 344 g/mol. The van der Waals surface area contributed by atoms with E-state index in [1.807, 2.05) is 42.5 Å². The molecule has 0 aliphatic carbocycles. The van der Waals surface area contributed by atoms with E-state index in [4.69, 9.17) is 9.47 Å². The molecule has 6 nitrogen and oxygen atoms in total. The third-order valence-corrected chi connectivity index (χ3v) is 5.07. The van der Waals surface area contributed by atoms with Gasteiger partial charge >= 0.3 is 0 Å². The second kappa shape index (κ2) is 7.70. The van der Waals surface area contributed by atoms with Crippen molar-refractivity contribution in [3.8, 4) is 11.5 Å². The van der Waals surface area contributed by atoms with Gasteiger partial charge in [0.15, 0.2) is 11.5 Å². The zero-order valence-corrected chi connectivity index (χ0v) is 15.0. The van der Waals surface area contributed by atoms with E-state index in [0.717, 1.165) is 43.6 Å². The van der Waals surface area contributed by atoms with Crippen LogP contribution in [0.3, 0.4) is 0 Å². The summed E-state index contributed by atoms with van der Waals surface area (Å²) in [6, 6.07) is 13.0. The van der Waals surface area contributed by atoms with Gasteiger partial charge in [-0.3, -0.25) is 9.59 Å². The Morgan fingerprint density at radius 3 is 2.41 bits per heavy atom. The molecule has 0 spiro atoms. The highest BCUT2D eigenvalue weighted by Crippen LogP contribution is 2.33. The van der Waals surface area contributed by atoms with Crippen LogP contribution < -0.4 is 19.7 Å². The average Bonchev–Trinajstić information content (AvgIpc) is 2.74. The molecule has 2 aromatic carbocycles. The first-order valence-electron chi connectivity index (χ1n) is 9.23. The first-order chi connectivity index (χ1) is 13.2. The number of carbonyl (C=O) groups excluding carboxylic acids is 2. The zero-order valence-electron chi connectivity index (χ0n) is 15.0. The Labute approximate surface area is 158 Å². The van der Waals surface area contributed by atoms with E-state index in [1.54, 1.807) is 0 Å². The zero-order chi connectivity index (χ0) is 18.6. The number of ether oxygens (including phenoxy) is 2. The molecule has 2 aliphatic rings. The van der Waals surface area contributed by atoms with Crippen LogP contribution in [-0.4, -0.2) is 38.5 Å². The lowest BCUT2D eigenvalue weighted by Gasteiger charge is -2.33. The van der Waals surface area contributed by atoms with Crippen molar-refractivity contribution in [1.82, 2.24) is 0 Å². The maximum Gasteiger partial charge on any atom is 0.227 e. The molecule has 0 aromatic heterocycles. The molecule has 0 unspecified atom stereocenters. The summed E-state index contributed by atoms with van der Waals surface area (Å²) in [6.07, 6.45) is 2.44. The van der Waals surface area contributed by atoms with Gasteiger partial charge in [0.25, 0.3) is 0 Å². The highest BCUT2D eigenvalue weighted by molar-refractivity contribution is 5.93. The Morgan fingerprint density at radius 2 is 1.70 bits per heavy atom. The number of piperidine rings is 1. The minimum Gasteiger partial charge on any atom is -0.486 e. The first-order valence-corrected chi connectivity index (χ1v) is 9.23. The molecule has 1 N–H and O–H groups in total. The van der Waals surface area contributed by atoms with Crippen LogP contribution in [0.1, 0.15) is 23.2 Å². The van der Waals surface area contributed by atoms with Gasteiger partial charge in [0.2, 0.25) is 5.91 Å². The predicted molar refractivity (Wildman–Crippen MR) is 103 cm³/mol. The summed E-state index contributed by atoms with van der Waals surface area (Å²) in [5.74, 6) is 1.42. The molecule has 1 saturated heterocycles.